The Morgan fingerprint density at radius 3 is 2.83 bits per heavy atom. The zero-order valence-electron chi connectivity index (χ0n) is 16.1. The van der Waals surface area contributed by atoms with Crippen LogP contribution in [0.4, 0.5) is 5.13 Å². The quantitative estimate of drug-likeness (QED) is 0.482. The first-order valence-electron chi connectivity index (χ1n) is 8.91. The Hall–Kier alpha value is -2.98. The van der Waals surface area contributed by atoms with Gasteiger partial charge < -0.3 is 14.8 Å². The molecule has 4 aromatic rings. The molecule has 10 heteroatoms. The normalized spacial score (nSPS) is 11.0. The van der Waals surface area contributed by atoms with E-state index in [1.54, 1.807) is 14.2 Å². The molecule has 0 spiro atoms. The van der Waals surface area contributed by atoms with Crippen molar-refractivity contribution in [3.05, 3.63) is 40.5 Å². The van der Waals surface area contributed by atoms with Crippen LogP contribution in [0.2, 0.25) is 0 Å². The van der Waals surface area contributed by atoms with Crippen LogP contribution in [0.5, 0.6) is 11.5 Å². The number of amides is 1. The molecular weight excluding hydrogens is 410 g/mol. The Labute approximate surface area is 175 Å². The molecule has 150 valence electrons. The van der Waals surface area contributed by atoms with Gasteiger partial charge in [-0.2, -0.15) is 0 Å². The van der Waals surface area contributed by atoms with E-state index in [2.05, 4.69) is 20.5 Å². The maximum atomic E-state index is 12.4. The molecule has 0 aliphatic rings. The Morgan fingerprint density at radius 1 is 1.24 bits per heavy atom. The van der Waals surface area contributed by atoms with E-state index < -0.39 is 0 Å². The monoisotopic (exact) mass is 429 g/mol. The summed E-state index contributed by atoms with van der Waals surface area (Å²) in [6.07, 6.45) is 2.92. The summed E-state index contributed by atoms with van der Waals surface area (Å²) in [5, 5.41) is 14.2. The fourth-order valence-corrected chi connectivity index (χ4v) is 4.44. The van der Waals surface area contributed by atoms with Crippen molar-refractivity contribution in [3.63, 3.8) is 0 Å². The third-order valence-electron chi connectivity index (χ3n) is 4.32. The number of hydrogen-bond donors (Lipinski definition) is 1. The minimum Gasteiger partial charge on any atom is -0.497 e. The molecule has 0 saturated heterocycles. The summed E-state index contributed by atoms with van der Waals surface area (Å²) in [4.78, 5) is 17.9. The van der Waals surface area contributed by atoms with E-state index in [1.165, 1.54) is 22.7 Å². The Bertz CT molecular complexity index is 1160. The Kier molecular flexibility index (Phi) is 5.45. The molecule has 3 heterocycles. The van der Waals surface area contributed by atoms with Gasteiger partial charge >= 0.3 is 0 Å². The molecule has 0 saturated carbocycles. The van der Waals surface area contributed by atoms with E-state index in [9.17, 15) is 4.79 Å². The second-order valence-corrected chi connectivity index (χ2v) is 8.05. The highest BCUT2D eigenvalue weighted by molar-refractivity contribution is 7.15. The number of aryl methyl sites for hydroxylation is 1. The summed E-state index contributed by atoms with van der Waals surface area (Å²) in [7, 11) is 3.24. The van der Waals surface area contributed by atoms with Gasteiger partial charge in [0.15, 0.2) is 4.96 Å². The largest absolute Gasteiger partial charge is 0.497 e. The maximum Gasteiger partial charge on any atom is 0.232 e. The van der Waals surface area contributed by atoms with Gasteiger partial charge in [0, 0.05) is 22.8 Å². The maximum absolute atomic E-state index is 12.4. The number of benzene rings is 1. The number of nitrogens with zero attached hydrogens (tertiary/aromatic N) is 4. The molecule has 0 aliphatic heterocycles. The molecule has 0 aliphatic carbocycles. The minimum atomic E-state index is -0.141. The molecular formula is C19H19N5O3S2. The van der Waals surface area contributed by atoms with Crippen LogP contribution < -0.4 is 14.8 Å². The summed E-state index contributed by atoms with van der Waals surface area (Å²) in [6.45, 7) is 2.00. The number of imidazole rings is 1. The van der Waals surface area contributed by atoms with E-state index >= 15 is 0 Å². The predicted octanol–water partition coefficient (Wildman–Crippen LogP) is 3.68. The molecule has 1 amide bonds. The van der Waals surface area contributed by atoms with Crippen LogP contribution in [0, 0.1) is 0 Å². The lowest BCUT2D eigenvalue weighted by Crippen LogP contribution is -2.15. The van der Waals surface area contributed by atoms with Crippen molar-refractivity contribution in [2.75, 3.05) is 19.5 Å². The molecule has 3 aromatic heterocycles. The standard InChI is InChI=1S/C19H19N5O3S2/c1-4-17-22-23-18(29-17)21-16(25)7-11-10-28-19-20-14(9-24(11)19)13-8-12(26-2)5-6-15(13)27-3/h5-6,8-10H,4,7H2,1-3H3,(H,21,23,25). The first-order chi connectivity index (χ1) is 14.1. The number of carbonyl (C=O) groups excluding carboxylic acids is 1. The smallest absolute Gasteiger partial charge is 0.232 e. The number of ether oxygens (including phenoxy) is 2. The third-order valence-corrected chi connectivity index (χ3v) is 6.20. The van der Waals surface area contributed by atoms with E-state index in [0.29, 0.717) is 10.9 Å². The molecule has 4 rings (SSSR count). The lowest BCUT2D eigenvalue weighted by molar-refractivity contribution is -0.115. The number of aromatic nitrogens is 4. The van der Waals surface area contributed by atoms with Crippen LogP contribution in [0.25, 0.3) is 16.2 Å². The number of fused-ring (bicyclic) bond motifs is 1. The van der Waals surface area contributed by atoms with Gasteiger partial charge in [0.2, 0.25) is 11.0 Å². The number of nitrogens with one attached hydrogen (secondary N) is 1. The first kappa shape index (κ1) is 19.3. The number of anilines is 1. The number of hydrogen-bond acceptors (Lipinski definition) is 8. The van der Waals surface area contributed by atoms with Gasteiger partial charge in [-0.1, -0.05) is 18.3 Å². The van der Waals surface area contributed by atoms with Crippen LogP contribution in [0.1, 0.15) is 17.6 Å². The summed E-state index contributed by atoms with van der Waals surface area (Å²) >= 11 is 2.87. The van der Waals surface area contributed by atoms with Gasteiger partial charge in [-0.05, 0) is 24.6 Å². The van der Waals surface area contributed by atoms with Gasteiger partial charge in [-0.3, -0.25) is 9.20 Å². The lowest BCUT2D eigenvalue weighted by atomic mass is 10.1. The summed E-state index contributed by atoms with van der Waals surface area (Å²) in [6, 6.07) is 5.58. The van der Waals surface area contributed by atoms with Crippen LogP contribution >= 0.6 is 22.7 Å². The molecule has 1 N–H and O–H groups in total. The van der Waals surface area contributed by atoms with Crippen molar-refractivity contribution in [3.8, 4) is 22.8 Å². The zero-order valence-corrected chi connectivity index (χ0v) is 17.8. The van der Waals surface area contributed by atoms with Gasteiger partial charge in [-0.15, -0.1) is 21.5 Å². The van der Waals surface area contributed by atoms with Gasteiger partial charge in [-0.25, -0.2) is 4.98 Å². The average molecular weight is 430 g/mol. The SMILES string of the molecule is CCc1nnc(NC(=O)Cc2csc3nc(-c4cc(OC)ccc4OC)cn23)s1. The molecule has 1 aromatic carbocycles. The van der Waals surface area contributed by atoms with Crippen molar-refractivity contribution >= 4 is 38.7 Å². The number of carbonyl (C=O) groups is 1. The fourth-order valence-electron chi connectivity index (χ4n) is 2.88. The highest BCUT2D eigenvalue weighted by atomic mass is 32.1. The summed E-state index contributed by atoms with van der Waals surface area (Å²) < 4.78 is 12.7. The predicted molar refractivity (Wildman–Crippen MR) is 113 cm³/mol. The summed E-state index contributed by atoms with van der Waals surface area (Å²) in [5.74, 6) is 1.29. The second-order valence-electron chi connectivity index (χ2n) is 6.15. The highest BCUT2D eigenvalue weighted by Crippen LogP contribution is 2.34. The number of rotatable bonds is 7. The van der Waals surface area contributed by atoms with E-state index in [4.69, 9.17) is 9.47 Å². The second kappa shape index (κ2) is 8.18. The Balaban J connectivity index is 1.58. The van der Waals surface area contributed by atoms with Gasteiger partial charge in [0.25, 0.3) is 0 Å². The molecule has 8 nitrogen and oxygen atoms in total. The van der Waals surface area contributed by atoms with Crippen LogP contribution in [0.3, 0.4) is 0 Å². The first-order valence-corrected chi connectivity index (χ1v) is 10.6. The number of thiazole rings is 1. The van der Waals surface area contributed by atoms with Crippen molar-refractivity contribution in [2.24, 2.45) is 0 Å². The van der Waals surface area contributed by atoms with Gasteiger partial charge in [0.05, 0.1) is 26.3 Å². The van der Waals surface area contributed by atoms with Crippen LogP contribution in [0.15, 0.2) is 29.8 Å². The van der Waals surface area contributed by atoms with Crippen molar-refractivity contribution < 1.29 is 14.3 Å². The Morgan fingerprint density at radius 2 is 2.10 bits per heavy atom. The van der Waals surface area contributed by atoms with E-state index in [1.807, 2.05) is 41.1 Å². The third kappa shape index (κ3) is 3.94. The minimum absolute atomic E-state index is 0.141. The molecule has 0 atom stereocenters. The van der Waals surface area contributed by atoms with Gasteiger partial charge in [0.1, 0.15) is 16.5 Å². The molecule has 29 heavy (non-hydrogen) atoms. The van der Waals surface area contributed by atoms with Crippen molar-refractivity contribution in [1.29, 1.82) is 0 Å². The number of methoxy groups -OCH3 is 2. The molecule has 0 fully saturated rings. The van der Waals surface area contributed by atoms with Crippen LogP contribution in [-0.2, 0) is 17.6 Å². The molecule has 0 bridgehead atoms. The average Bonchev–Trinajstić information content (AvgIpc) is 3.44. The summed E-state index contributed by atoms with van der Waals surface area (Å²) in [5.41, 5.74) is 2.44. The topological polar surface area (TPSA) is 90.6 Å². The lowest BCUT2D eigenvalue weighted by Gasteiger charge is -2.08. The fraction of sp³-hybridized carbons (Fsp3) is 0.263. The van der Waals surface area contributed by atoms with Crippen molar-refractivity contribution in [1.82, 2.24) is 19.6 Å². The highest BCUT2D eigenvalue weighted by Gasteiger charge is 2.16. The van der Waals surface area contributed by atoms with Crippen LogP contribution in [-0.4, -0.2) is 39.7 Å². The van der Waals surface area contributed by atoms with E-state index in [-0.39, 0.29) is 12.3 Å². The molecule has 0 radical (unpaired) electrons. The van der Waals surface area contributed by atoms with E-state index in [0.717, 1.165) is 39.1 Å². The molecule has 0 unspecified atom stereocenters. The van der Waals surface area contributed by atoms with Crippen molar-refractivity contribution in [2.45, 2.75) is 19.8 Å². The zero-order chi connectivity index (χ0) is 20.4.